The molecule has 2 atom stereocenters. The zero-order chi connectivity index (χ0) is 19.3. The fraction of sp³-hybridized carbons (Fsp3) is 0.450. The molecule has 0 fully saturated rings. The average Bonchev–Trinajstić information content (AvgIpc) is 2.61. The third kappa shape index (κ3) is 4.94. The van der Waals surface area contributed by atoms with E-state index in [-0.39, 0.29) is 17.4 Å². The first-order chi connectivity index (χ1) is 12.2. The molecule has 1 aliphatic rings. The van der Waals surface area contributed by atoms with Crippen LogP contribution in [0.25, 0.3) is 0 Å². The summed E-state index contributed by atoms with van der Waals surface area (Å²) >= 11 is 0. The highest BCUT2D eigenvalue weighted by atomic mass is 16.4. The van der Waals surface area contributed by atoms with Gasteiger partial charge >= 0.3 is 5.97 Å². The zero-order valence-corrected chi connectivity index (χ0v) is 15.4. The smallest absolute Gasteiger partial charge is 0.307 e. The highest BCUT2D eigenvalue weighted by Crippen LogP contribution is 2.27. The summed E-state index contributed by atoms with van der Waals surface area (Å²) < 4.78 is 0. The van der Waals surface area contributed by atoms with E-state index in [1.54, 1.807) is 30.3 Å². The maximum atomic E-state index is 12.4. The van der Waals surface area contributed by atoms with Crippen molar-refractivity contribution in [2.45, 2.75) is 45.6 Å². The van der Waals surface area contributed by atoms with Gasteiger partial charge in [0.15, 0.2) is 0 Å². The third-order valence-corrected chi connectivity index (χ3v) is 4.84. The number of hydrogen-bond acceptors (Lipinski definition) is 3. The molecular formula is C20H26N2O4. The van der Waals surface area contributed by atoms with Crippen LogP contribution in [0.3, 0.4) is 0 Å². The zero-order valence-electron chi connectivity index (χ0n) is 15.4. The number of amides is 2. The Balaban J connectivity index is 2.02. The normalized spacial score (nSPS) is 19.7. The molecule has 1 aromatic carbocycles. The van der Waals surface area contributed by atoms with E-state index in [0.717, 1.165) is 6.42 Å². The van der Waals surface area contributed by atoms with Gasteiger partial charge in [-0.05, 0) is 57.4 Å². The minimum absolute atomic E-state index is 0.168. The summed E-state index contributed by atoms with van der Waals surface area (Å²) in [5.74, 6) is -2.74. The van der Waals surface area contributed by atoms with E-state index >= 15 is 0 Å². The fourth-order valence-electron chi connectivity index (χ4n) is 2.78. The Bertz CT molecular complexity index is 707. The maximum Gasteiger partial charge on any atom is 0.307 e. The van der Waals surface area contributed by atoms with Crippen molar-refractivity contribution in [1.29, 1.82) is 0 Å². The van der Waals surface area contributed by atoms with Crippen molar-refractivity contribution < 1.29 is 19.5 Å². The lowest BCUT2D eigenvalue weighted by atomic mass is 9.82. The molecule has 0 heterocycles. The lowest BCUT2D eigenvalue weighted by Gasteiger charge is -2.25. The summed E-state index contributed by atoms with van der Waals surface area (Å²) in [5.41, 5.74) is 0.762. The van der Waals surface area contributed by atoms with E-state index in [2.05, 4.69) is 10.6 Å². The highest BCUT2D eigenvalue weighted by Gasteiger charge is 2.33. The maximum absolute atomic E-state index is 12.4. The molecule has 2 rings (SSSR count). The van der Waals surface area contributed by atoms with Crippen molar-refractivity contribution in [3.05, 3.63) is 42.0 Å². The molecule has 2 unspecified atom stereocenters. The van der Waals surface area contributed by atoms with Crippen molar-refractivity contribution in [3.63, 3.8) is 0 Å². The van der Waals surface area contributed by atoms with Crippen molar-refractivity contribution >= 4 is 23.5 Å². The first kappa shape index (κ1) is 19.7. The SMILES string of the molecule is CCC(C)(C)NC(=O)c1ccc(NC(=O)C2CC=CCC2C(=O)O)cc1. The van der Waals surface area contributed by atoms with Crippen molar-refractivity contribution in [3.8, 4) is 0 Å². The van der Waals surface area contributed by atoms with E-state index < -0.39 is 17.8 Å². The Morgan fingerprint density at radius 2 is 1.65 bits per heavy atom. The van der Waals surface area contributed by atoms with Gasteiger partial charge in [-0.2, -0.15) is 0 Å². The van der Waals surface area contributed by atoms with Gasteiger partial charge in [0, 0.05) is 16.8 Å². The molecule has 0 aliphatic heterocycles. The number of allylic oxidation sites excluding steroid dienone is 2. The van der Waals surface area contributed by atoms with Crippen molar-refractivity contribution in [1.82, 2.24) is 5.32 Å². The number of hydrogen-bond donors (Lipinski definition) is 3. The molecule has 3 N–H and O–H groups in total. The number of carbonyl (C=O) groups is 3. The van der Waals surface area contributed by atoms with Crippen molar-refractivity contribution in [2.75, 3.05) is 5.32 Å². The number of carbonyl (C=O) groups excluding carboxylic acids is 2. The van der Waals surface area contributed by atoms with Crippen molar-refractivity contribution in [2.24, 2.45) is 11.8 Å². The van der Waals surface area contributed by atoms with Crippen LogP contribution in [0.15, 0.2) is 36.4 Å². The Labute approximate surface area is 153 Å². The molecule has 0 spiro atoms. The summed E-state index contributed by atoms with van der Waals surface area (Å²) in [4.78, 5) is 36.0. The van der Waals surface area contributed by atoms with Crippen LogP contribution in [0.2, 0.25) is 0 Å². The molecule has 0 aromatic heterocycles. The molecular weight excluding hydrogens is 332 g/mol. The Kier molecular flexibility index (Phi) is 6.18. The molecule has 6 nitrogen and oxygen atoms in total. The van der Waals surface area contributed by atoms with Crippen LogP contribution in [-0.4, -0.2) is 28.4 Å². The van der Waals surface area contributed by atoms with E-state index in [0.29, 0.717) is 24.1 Å². The molecule has 0 saturated carbocycles. The number of carboxylic acid groups (broad SMARTS) is 1. The minimum atomic E-state index is -0.958. The van der Waals surface area contributed by atoms with Crippen LogP contribution in [0.1, 0.15) is 50.4 Å². The number of rotatable bonds is 6. The highest BCUT2D eigenvalue weighted by molar-refractivity contribution is 5.97. The number of benzene rings is 1. The number of nitrogens with one attached hydrogen (secondary N) is 2. The van der Waals surface area contributed by atoms with Gasteiger partial charge in [0.1, 0.15) is 0 Å². The quantitative estimate of drug-likeness (QED) is 0.681. The first-order valence-corrected chi connectivity index (χ1v) is 8.85. The van der Waals surface area contributed by atoms with Gasteiger partial charge in [-0.1, -0.05) is 19.1 Å². The minimum Gasteiger partial charge on any atom is -0.481 e. The second-order valence-electron chi connectivity index (χ2n) is 7.25. The third-order valence-electron chi connectivity index (χ3n) is 4.84. The van der Waals surface area contributed by atoms with Crippen LogP contribution in [0.4, 0.5) is 5.69 Å². The van der Waals surface area contributed by atoms with Gasteiger partial charge < -0.3 is 15.7 Å². The largest absolute Gasteiger partial charge is 0.481 e. The van der Waals surface area contributed by atoms with Crippen LogP contribution >= 0.6 is 0 Å². The molecule has 2 amide bonds. The van der Waals surface area contributed by atoms with Gasteiger partial charge in [-0.15, -0.1) is 0 Å². The summed E-state index contributed by atoms with van der Waals surface area (Å²) in [6, 6.07) is 6.60. The Morgan fingerprint density at radius 3 is 2.19 bits per heavy atom. The Morgan fingerprint density at radius 1 is 1.08 bits per heavy atom. The molecule has 0 saturated heterocycles. The van der Waals surface area contributed by atoms with Gasteiger partial charge in [0.25, 0.3) is 5.91 Å². The van der Waals surface area contributed by atoms with Gasteiger partial charge in [-0.3, -0.25) is 14.4 Å². The fourth-order valence-corrected chi connectivity index (χ4v) is 2.78. The van der Waals surface area contributed by atoms with E-state index in [1.807, 2.05) is 26.8 Å². The number of carboxylic acids is 1. The Hall–Kier alpha value is -2.63. The summed E-state index contributed by atoms with van der Waals surface area (Å²) in [6.45, 7) is 5.91. The van der Waals surface area contributed by atoms with Crippen LogP contribution < -0.4 is 10.6 Å². The van der Waals surface area contributed by atoms with E-state index in [1.165, 1.54) is 0 Å². The van der Waals surface area contributed by atoms with Gasteiger partial charge in [-0.25, -0.2) is 0 Å². The van der Waals surface area contributed by atoms with E-state index in [9.17, 15) is 19.5 Å². The van der Waals surface area contributed by atoms with Crippen LogP contribution in [0.5, 0.6) is 0 Å². The van der Waals surface area contributed by atoms with Gasteiger partial charge in [0.05, 0.1) is 11.8 Å². The molecule has 1 aromatic rings. The van der Waals surface area contributed by atoms with Gasteiger partial charge in [0.2, 0.25) is 5.91 Å². The molecule has 1 aliphatic carbocycles. The summed E-state index contributed by atoms with van der Waals surface area (Å²) in [6.07, 6.45) is 5.23. The second kappa shape index (κ2) is 8.17. The lowest BCUT2D eigenvalue weighted by Crippen LogP contribution is -2.42. The number of aliphatic carboxylic acids is 1. The topological polar surface area (TPSA) is 95.5 Å². The summed E-state index contributed by atoms with van der Waals surface area (Å²) in [5, 5.41) is 15.0. The van der Waals surface area contributed by atoms with E-state index in [4.69, 9.17) is 0 Å². The first-order valence-electron chi connectivity index (χ1n) is 8.85. The predicted molar refractivity (Wildman–Crippen MR) is 99.9 cm³/mol. The van der Waals surface area contributed by atoms with Crippen LogP contribution in [0, 0.1) is 11.8 Å². The summed E-state index contributed by atoms with van der Waals surface area (Å²) in [7, 11) is 0. The predicted octanol–water partition coefficient (Wildman–Crippen LogP) is 3.21. The lowest BCUT2D eigenvalue weighted by molar-refractivity contribution is -0.146. The second-order valence-corrected chi connectivity index (χ2v) is 7.25. The number of anilines is 1. The molecule has 26 heavy (non-hydrogen) atoms. The molecule has 6 heteroatoms. The standard InChI is InChI=1S/C20H26N2O4/c1-4-20(2,3)22-17(23)13-9-11-14(12-10-13)21-18(24)15-7-5-6-8-16(15)19(25)26/h5-6,9-12,15-16H,4,7-8H2,1-3H3,(H,21,24)(H,22,23)(H,25,26). The van der Waals surface area contributed by atoms with Crippen LogP contribution in [-0.2, 0) is 9.59 Å². The monoisotopic (exact) mass is 358 g/mol. The molecule has 140 valence electrons. The average molecular weight is 358 g/mol. The molecule has 0 bridgehead atoms. The molecule has 0 radical (unpaired) electrons.